The van der Waals surface area contributed by atoms with Crippen LogP contribution in [0.2, 0.25) is 0 Å². The zero-order chi connectivity index (χ0) is 11.6. The van der Waals surface area contributed by atoms with Gasteiger partial charge in [-0.25, -0.2) is 8.42 Å². The van der Waals surface area contributed by atoms with Crippen molar-refractivity contribution in [3.8, 4) is 0 Å². The first-order valence-corrected chi connectivity index (χ1v) is 6.83. The van der Waals surface area contributed by atoms with Crippen LogP contribution in [0.5, 0.6) is 0 Å². The molecule has 0 saturated heterocycles. The Morgan fingerprint density at radius 2 is 2.07 bits per heavy atom. The number of carbonyl (C=O) groups excluding carboxylic acids is 1. The minimum absolute atomic E-state index is 0.108. The second-order valence-corrected chi connectivity index (χ2v) is 5.85. The molecule has 0 heterocycles. The van der Waals surface area contributed by atoms with Crippen LogP contribution in [-0.2, 0) is 10.0 Å². The van der Waals surface area contributed by atoms with Crippen LogP contribution in [0.3, 0.4) is 0 Å². The number of carbonyl (C=O) groups is 1. The third-order valence-corrected chi connectivity index (χ3v) is 2.78. The van der Waals surface area contributed by atoms with Gasteiger partial charge in [-0.15, -0.1) is 0 Å². The van der Waals surface area contributed by atoms with E-state index in [0.29, 0.717) is 4.47 Å². The van der Waals surface area contributed by atoms with E-state index < -0.39 is 15.3 Å². The summed E-state index contributed by atoms with van der Waals surface area (Å²) in [5, 5.41) is -0.720. The van der Waals surface area contributed by atoms with Gasteiger partial charge in [-0.1, -0.05) is 15.9 Å². The average Bonchev–Trinajstić information content (AvgIpc) is 2.05. The first-order valence-electron chi connectivity index (χ1n) is 3.77. The maximum absolute atomic E-state index is 11.0. The monoisotopic (exact) mass is 311 g/mol. The van der Waals surface area contributed by atoms with Crippen molar-refractivity contribution in [1.82, 2.24) is 0 Å². The molecule has 0 radical (unpaired) electrons. The van der Waals surface area contributed by atoms with Gasteiger partial charge in [0.1, 0.15) is 0 Å². The summed E-state index contributed by atoms with van der Waals surface area (Å²) in [4.78, 5) is 11.0. The first-order chi connectivity index (χ1) is 6.79. The maximum Gasteiger partial charge on any atom is 0.254 e. The predicted molar refractivity (Wildman–Crippen MR) is 62.8 cm³/mol. The lowest BCUT2D eigenvalue weighted by Gasteiger charge is -2.07. The number of nitrogens with one attached hydrogen (secondary N) is 1. The van der Waals surface area contributed by atoms with Crippen molar-refractivity contribution in [3.05, 3.63) is 28.2 Å². The van der Waals surface area contributed by atoms with Gasteiger partial charge in [0.05, 0.1) is 17.5 Å². The van der Waals surface area contributed by atoms with Gasteiger partial charge in [0.2, 0.25) is 10.0 Å². The normalized spacial score (nSPS) is 11.1. The molecule has 0 spiro atoms. The van der Waals surface area contributed by atoms with Crippen molar-refractivity contribution in [2.75, 3.05) is 11.0 Å². The highest BCUT2D eigenvalue weighted by Gasteiger charge is 2.12. The van der Waals surface area contributed by atoms with Gasteiger partial charge in [-0.3, -0.25) is 9.52 Å². The molecule has 0 bridgehead atoms. The van der Waals surface area contributed by atoms with Crippen LogP contribution in [0.25, 0.3) is 0 Å². The minimum Gasteiger partial charge on any atom is -0.283 e. The summed E-state index contributed by atoms with van der Waals surface area (Å²) in [6.07, 6.45) is 0.998. The van der Waals surface area contributed by atoms with E-state index in [1.807, 2.05) is 0 Å². The van der Waals surface area contributed by atoms with Crippen LogP contribution < -0.4 is 4.72 Å². The molecular formula is C8H7BrClNO3S. The summed E-state index contributed by atoms with van der Waals surface area (Å²) in [5.41, 5.74) is 0.275. The summed E-state index contributed by atoms with van der Waals surface area (Å²) in [6, 6.07) is 4.51. The molecule has 0 aliphatic rings. The molecule has 15 heavy (non-hydrogen) atoms. The Kier molecular flexibility index (Phi) is 3.75. The van der Waals surface area contributed by atoms with Crippen LogP contribution in [0, 0.1) is 0 Å². The molecule has 1 aromatic carbocycles. The summed E-state index contributed by atoms with van der Waals surface area (Å²) in [6.45, 7) is 0. The van der Waals surface area contributed by atoms with E-state index in [-0.39, 0.29) is 11.3 Å². The van der Waals surface area contributed by atoms with Crippen LogP contribution in [0.15, 0.2) is 22.7 Å². The quantitative estimate of drug-likeness (QED) is 0.870. The van der Waals surface area contributed by atoms with Crippen molar-refractivity contribution in [3.63, 3.8) is 0 Å². The van der Waals surface area contributed by atoms with Gasteiger partial charge in [0, 0.05) is 4.47 Å². The molecule has 1 N–H and O–H groups in total. The zero-order valence-corrected chi connectivity index (χ0v) is 10.8. The lowest BCUT2D eigenvalue weighted by Crippen LogP contribution is -2.12. The highest BCUT2D eigenvalue weighted by molar-refractivity contribution is 9.10. The van der Waals surface area contributed by atoms with Crippen LogP contribution >= 0.6 is 27.5 Å². The van der Waals surface area contributed by atoms with Gasteiger partial charge < -0.3 is 0 Å². The molecular weight excluding hydrogens is 306 g/mol. The van der Waals surface area contributed by atoms with Gasteiger partial charge in [-0.05, 0) is 29.8 Å². The van der Waals surface area contributed by atoms with E-state index in [1.54, 1.807) is 6.07 Å². The van der Waals surface area contributed by atoms with E-state index in [0.717, 1.165) is 6.26 Å². The molecule has 4 nitrogen and oxygen atoms in total. The second kappa shape index (κ2) is 4.51. The third kappa shape index (κ3) is 3.81. The Hall–Kier alpha value is -0.590. The molecule has 0 fully saturated rings. The first kappa shape index (κ1) is 12.5. The van der Waals surface area contributed by atoms with Crippen molar-refractivity contribution < 1.29 is 13.2 Å². The molecule has 0 aliphatic carbocycles. The molecule has 0 atom stereocenters. The minimum atomic E-state index is -3.42. The average molecular weight is 313 g/mol. The molecule has 1 rings (SSSR count). The van der Waals surface area contributed by atoms with Gasteiger partial charge in [-0.2, -0.15) is 0 Å². The number of benzene rings is 1. The van der Waals surface area contributed by atoms with Crippen LogP contribution in [-0.4, -0.2) is 19.9 Å². The summed E-state index contributed by atoms with van der Waals surface area (Å²) >= 11 is 8.47. The number of anilines is 1. The van der Waals surface area contributed by atoms with Crippen LogP contribution in [0.1, 0.15) is 10.4 Å². The lowest BCUT2D eigenvalue weighted by molar-refractivity contribution is 0.108. The number of sulfonamides is 1. The van der Waals surface area contributed by atoms with Crippen molar-refractivity contribution in [2.45, 2.75) is 0 Å². The maximum atomic E-state index is 11.0. The Morgan fingerprint density at radius 3 is 2.53 bits per heavy atom. The fourth-order valence-corrected chi connectivity index (χ4v) is 2.06. The van der Waals surface area contributed by atoms with E-state index in [1.165, 1.54) is 12.1 Å². The lowest BCUT2D eigenvalue weighted by atomic mass is 10.2. The number of rotatable bonds is 3. The summed E-state index contributed by atoms with van der Waals surface area (Å²) < 4.78 is 24.8. The molecule has 0 unspecified atom stereocenters. The Bertz CT molecular complexity index is 501. The predicted octanol–water partition coefficient (Wildman–Crippen LogP) is 2.20. The molecule has 1 aromatic rings. The standard InChI is InChI=1S/C8H7BrClNO3S/c1-15(13,14)11-7-3-2-5(9)4-6(7)8(10)12/h2-4,11H,1H3. The topological polar surface area (TPSA) is 63.2 Å². The Balaban J connectivity index is 3.24. The fourth-order valence-electron chi connectivity index (χ4n) is 0.968. The van der Waals surface area contributed by atoms with E-state index >= 15 is 0 Å². The smallest absolute Gasteiger partial charge is 0.254 e. The van der Waals surface area contributed by atoms with Gasteiger partial charge in [0.25, 0.3) is 5.24 Å². The van der Waals surface area contributed by atoms with E-state index in [9.17, 15) is 13.2 Å². The molecule has 0 aliphatic heterocycles. The Labute approximate surface area is 101 Å². The Morgan fingerprint density at radius 1 is 1.47 bits per heavy atom. The van der Waals surface area contributed by atoms with Crippen molar-refractivity contribution in [1.29, 1.82) is 0 Å². The summed E-state index contributed by atoms with van der Waals surface area (Å²) in [5.74, 6) is 0. The van der Waals surface area contributed by atoms with Crippen molar-refractivity contribution >= 4 is 48.5 Å². The number of hydrogen-bond acceptors (Lipinski definition) is 3. The zero-order valence-electron chi connectivity index (χ0n) is 7.62. The van der Waals surface area contributed by atoms with E-state index in [2.05, 4.69) is 20.7 Å². The molecule has 0 aromatic heterocycles. The number of hydrogen-bond donors (Lipinski definition) is 1. The third-order valence-electron chi connectivity index (χ3n) is 1.49. The number of halogens is 2. The molecule has 0 saturated carbocycles. The van der Waals surface area contributed by atoms with Crippen LogP contribution in [0.4, 0.5) is 5.69 Å². The van der Waals surface area contributed by atoms with E-state index in [4.69, 9.17) is 11.6 Å². The summed E-state index contributed by atoms with van der Waals surface area (Å²) in [7, 11) is -3.42. The molecule has 82 valence electrons. The second-order valence-electron chi connectivity index (χ2n) is 2.84. The SMILES string of the molecule is CS(=O)(=O)Nc1ccc(Br)cc1C(=O)Cl. The fraction of sp³-hybridized carbons (Fsp3) is 0.125. The highest BCUT2D eigenvalue weighted by Crippen LogP contribution is 2.23. The van der Waals surface area contributed by atoms with Gasteiger partial charge in [0.15, 0.2) is 0 Å². The molecule has 7 heteroatoms. The van der Waals surface area contributed by atoms with Crippen molar-refractivity contribution in [2.24, 2.45) is 0 Å². The largest absolute Gasteiger partial charge is 0.283 e. The van der Waals surface area contributed by atoms with Gasteiger partial charge >= 0.3 is 0 Å². The molecule has 0 amide bonds. The highest BCUT2D eigenvalue weighted by atomic mass is 79.9.